The predicted octanol–water partition coefficient (Wildman–Crippen LogP) is 12.5. The molecule has 420 valence electrons. The van der Waals surface area contributed by atoms with Gasteiger partial charge in [-0.25, -0.2) is 0 Å². The molecule has 9 aromatic rings. The summed E-state index contributed by atoms with van der Waals surface area (Å²) in [5.41, 5.74) is 1.69. The van der Waals surface area contributed by atoms with Crippen molar-refractivity contribution in [2.75, 3.05) is 6.61 Å². The Kier molecular flexibility index (Phi) is 17.4. The number of ether oxygens (including phenoxy) is 2. The first-order chi connectivity index (χ1) is 39.5. The molecule has 1 fully saturated rings. The van der Waals surface area contributed by atoms with Gasteiger partial charge in [0.25, 0.3) is 25.0 Å². The minimum absolute atomic E-state index is 0.0227. The Bertz CT molecular complexity index is 3180. The van der Waals surface area contributed by atoms with Crippen LogP contribution in [-0.2, 0) is 28.4 Å². The molecule has 1 heterocycles. The molecule has 0 spiro atoms. The van der Waals surface area contributed by atoms with Gasteiger partial charge in [0.05, 0.1) is 6.61 Å². The Balaban J connectivity index is 1.30. The fourth-order valence-electron chi connectivity index (χ4n) is 13.1. The number of aliphatic hydroxyl groups excluding tert-OH is 1. The zero-order valence-corrected chi connectivity index (χ0v) is 52.1. The van der Waals surface area contributed by atoms with Crippen LogP contribution in [0.15, 0.2) is 273 Å². The van der Waals surface area contributed by atoms with Crippen molar-refractivity contribution in [3.05, 3.63) is 290 Å². The molecule has 0 bridgehead atoms. The average Bonchev–Trinajstić information content (AvgIpc) is 3.67. The van der Waals surface area contributed by atoms with Crippen molar-refractivity contribution in [1.29, 1.82) is 0 Å². The molecule has 6 nitrogen and oxygen atoms in total. The van der Waals surface area contributed by atoms with Gasteiger partial charge >= 0.3 is 0 Å². The number of aliphatic hydroxyl groups is 1. The van der Waals surface area contributed by atoms with Crippen molar-refractivity contribution >= 4 is 56.1 Å². The Hall–Kier alpha value is -6.61. The highest BCUT2D eigenvalue weighted by Crippen LogP contribution is 2.48. The highest BCUT2D eigenvalue weighted by molar-refractivity contribution is 7.01. The molecule has 1 aliphatic heterocycles. The van der Waals surface area contributed by atoms with Crippen LogP contribution in [0.25, 0.3) is 0 Å². The highest BCUT2D eigenvalue weighted by Gasteiger charge is 2.63. The quantitative estimate of drug-likeness (QED) is 0.0682. The first kappa shape index (κ1) is 58.6. The second-order valence-corrected chi connectivity index (χ2v) is 37.7. The van der Waals surface area contributed by atoms with Crippen molar-refractivity contribution in [3.8, 4) is 0 Å². The topological polar surface area (TPSA) is 66.4 Å². The van der Waals surface area contributed by atoms with E-state index in [-0.39, 0.29) is 6.61 Å². The molecule has 82 heavy (non-hydrogen) atoms. The normalized spacial score (nSPS) is 18.4. The van der Waals surface area contributed by atoms with E-state index in [1.165, 1.54) is 0 Å². The Morgan fingerprint density at radius 2 is 0.537 bits per heavy atom. The summed E-state index contributed by atoms with van der Waals surface area (Å²) in [5, 5.41) is 18.8. The molecule has 0 aliphatic carbocycles. The van der Waals surface area contributed by atoms with Crippen molar-refractivity contribution in [1.82, 2.24) is 0 Å². The maximum absolute atomic E-state index is 13.8. The van der Waals surface area contributed by atoms with Crippen LogP contribution in [0.1, 0.15) is 79.0 Å². The van der Waals surface area contributed by atoms with Gasteiger partial charge in [-0.3, -0.25) is 0 Å². The SMILES string of the molecule is CC(C)(C)[Si](O[C@@H]1[C@@H](O[Si](c2ccccc2)(c2ccccc2)C(C)(C)C)[C@@H](O)O[C@H](COC(c2ccccc2)(c2ccccc2)c2ccccc2)[C@H]1O[Si](c1ccccc1)(c1ccccc1)C(C)(C)C)(c1ccccc1)c1ccccc1. The van der Waals surface area contributed by atoms with Crippen LogP contribution in [0.5, 0.6) is 0 Å². The largest absolute Gasteiger partial charge is 0.399 e. The summed E-state index contributed by atoms with van der Waals surface area (Å²) in [5.74, 6) is 0. The summed E-state index contributed by atoms with van der Waals surface area (Å²) in [6.07, 6.45) is -5.54. The summed E-state index contributed by atoms with van der Waals surface area (Å²) in [7, 11) is -10.7. The summed E-state index contributed by atoms with van der Waals surface area (Å²) in [6, 6.07) is 95.7. The minimum atomic E-state index is -3.59. The fourth-order valence-corrected chi connectivity index (χ4v) is 27.2. The smallest absolute Gasteiger partial charge is 0.261 e. The summed E-state index contributed by atoms with van der Waals surface area (Å²) in [6.45, 7) is 20.6. The summed E-state index contributed by atoms with van der Waals surface area (Å²) < 4.78 is 41.2. The second-order valence-electron chi connectivity index (χ2n) is 24.9. The molecule has 1 aliphatic rings. The molecular formula is C73H80O6Si3. The van der Waals surface area contributed by atoms with Gasteiger partial charge in [-0.05, 0) is 62.9 Å². The van der Waals surface area contributed by atoms with Gasteiger partial charge in [0.1, 0.15) is 30.0 Å². The molecule has 9 aromatic carbocycles. The molecule has 0 amide bonds. The van der Waals surface area contributed by atoms with Crippen molar-refractivity contribution in [2.24, 2.45) is 0 Å². The summed E-state index contributed by atoms with van der Waals surface area (Å²) in [4.78, 5) is 0. The number of rotatable bonds is 18. The zero-order chi connectivity index (χ0) is 57.6. The summed E-state index contributed by atoms with van der Waals surface area (Å²) >= 11 is 0. The molecular weight excluding hydrogens is 1060 g/mol. The third-order valence-corrected chi connectivity index (χ3v) is 31.9. The van der Waals surface area contributed by atoms with Crippen LogP contribution in [0.3, 0.4) is 0 Å². The molecule has 9 heteroatoms. The van der Waals surface area contributed by atoms with Gasteiger partial charge in [-0.15, -0.1) is 0 Å². The zero-order valence-electron chi connectivity index (χ0n) is 49.1. The van der Waals surface area contributed by atoms with Crippen LogP contribution >= 0.6 is 0 Å². The van der Waals surface area contributed by atoms with Gasteiger partial charge in [0.15, 0.2) is 6.29 Å². The van der Waals surface area contributed by atoms with Crippen LogP contribution in [0, 0.1) is 0 Å². The van der Waals surface area contributed by atoms with Gasteiger partial charge < -0.3 is 27.9 Å². The molecule has 1 saturated heterocycles. The van der Waals surface area contributed by atoms with Crippen LogP contribution in [-0.4, -0.2) is 67.4 Å². The van der Waals surface area contributed by atoms with E-state index in [9.17, 15) is 5.11 Å². The fraction of sp³-hybridized carbons (Fsp3) is 0.260. The van der Waals surface area contributed by atoms with E-state index >= 15 is 0 Å². The third-order valence-electron chi connectivity index (χ3n) is 16.8. The molecule has 0 saturated carbocycles. The third kappa shape index (κ3) is 11.0. The van der Waals surface area contributed by atoms with Gasteiger partial charge in [-0.1, -0.05) is 335 Å². The van der Waals surface area contributed by atoms with Gasteiger partial charge in [0.2, 0.25) is 0 Å². The van der Waals surface area contributed by atoms with Crippen LogP contribution in [0.4, 0.5) is 0 Å². The average molecular weight is 1140 g/mol. The van der Waals surface area contributed by atoms with Gasteiger partial charge in [0, 0.05) is 0 Å². The lowest BCUT2D eigenvalue weighted by molar-refractivity contribution is -0.281. The maximum atomic E-state index is 13.8. The van der Waals surface area contributed by atoms with Crippen molar-refractivity contribution in [2.45, 2.75) is 114 Å². The van der Waals surface area contributed by atoms with E-state index in [0.717, 1.165) is 47.8 Å². The lowest BCUT2D eigenvalue weighted by atomic mass is 9.80. The van der Waals surface area contributed by atoms with E-state index in [4.69, 9.17) is 22.8 Å². The Labute approximate surface area is 491 Å². The van der Waals surface area contributed by atoms with E-state index in [1.807, 2.05) is 18.2 Å². The van der Waals surface area contributed by atoms with Crippen LogP contribution < -0.4 is 31.1 Å². The van der Waals surface area contributed by atoms with Crippen molar-refractivity contribution < 1.29 is 27.9 Å². The van der Waals surface area contributed by atoms with Gasteiger partial charge in [-0.2, -0.15) is 0 Å². The number of hydrogen-bond donors (Lipinski definition) is 1. The Morgan fingerprint density at radius 1 is 0.317 bits per heavy atom. The molecule has 1 N–H and O–H groups in total. The maximum Gasteiger partial charge on any atom is 0.261 e. The highest BCUT2D eigenvalue weighted by atomic mass is 28.4. The molecule has 0 radical (unpaired) electrons. The molecule has 5 atom stereocenters. The van der Waals surface area contributed by atoms with E-state index < -0.39 is 76.4 Å². The van der Waals surface area contributed by atoms with E-state index in [2.05, 4.69) is 317 Å². The first-order valence-electron chi connectivity index (χ1n) is 29.0. The molecule has 0 aromatic heterocycles. The predicted molar refractivity (Wildman–Crippen MR) is 344 cm³/mol. The molecule has 0 unspecified atom stereocenters. The van der Waals surface area contributed by atoms with Crippen LogP contribution in [0.2, 0.25) is 15.1 Å². The Morgan fingerprint density at radius 3 is 0.780 bits per heavy atom. The van der Waals surface area contributed by atoms with E-state index in [0.29, 0.717) is 0 Å². The minimum Gasteiger partial charge on any atom is -0.399 e. The number of benzene rings is 9. The lowest BCUT2D eigenvalue weighted by Gasteiger charge is -2.56. The monoisotopic (exact) mass is 1140 g/mol. The second kappa shape index (κ2) is 24.3. The standard InChI is InChI=1S/C73H80O6Si3/c1-70(2,3)80(59-43-25-13-26-44-59,60-45-27-14-28-46-60)77-66-65(55-75-73(56-37-19-10-20-38-56,57-39-21-11-22-40-57)58-41-23-12-24-42-58)76-69(74)68(79-82(72(7,8)9,63-51-33-17-34-52-63)64-53-35-18-36-54-64)67(66)78-81(71(4,5)6,61-47-29-15-30-48-61)62-49-31-16-32-50-62/h10-54,65-69,74H,55H2,1-9H3/t65-,66-,67+,68-,69+/m1/s1. The molecule has 10 rings (SSSR count). The number of hydrogen-bond acceptors (Lipinski definition) is 6. The van der Waals surface area contributed by atoms with E-state index in [1.54, 1.807) is 0 Å². The first-order valence-corrected chi connectivity index (χ1v) is 34.7. The van der Waals surface area contributed by atoms with Crippen molar-refractivity contribution in [3.63, 3.8) is 0 Å². The lowest BCUT2D eigenvalue weighted by Crippen LogP contribution is -2.77.